The Morgan fingerprint density at radius 1 is 1.73 bits per heavy atom. The summed E-state index contributed by atoms with van der Waals surface area (Å²) in [5, 5.41) is 2.47. The number of nitrogens with zero attached hydrogens (tertiary/aromatic N) is 1. The fourth-order valence-electron chi connectivity index (χ4n) is 0.797. The van der Waals surface area contributed by atoms with Gasteiger partial charge in [0, 0.05) is 22.5 Å². The maximum Gasteiger partial charge on any atom is 0.0503 e. The number of aromatic nitrogens is 1. The van der Waals surface area contributed by atoms with Crippen LogP contribution in [0.1, 0.15) is 22.6 Å². The van der Waals surface area contributed by atoms with Crippen molar-refractivity contribution < 1.29 is 4.11 Å². The van der Waals surface area contributed by atoms with Gasteiger partial charge in [0.25, 0.3) is 0 Å². The number of nitrogen functional groups attached to an aromatic ring is 1. The van der Waals surface area contributed by atoms with Gasteiger partial charge in [0.15, 0.2) is 0 Å². The Labute approximate surface area is 70.9 Å². The van der Waals surface area contributed by atoms with E-state index in [4.69, 9.17) is 9.85 Å². The fourth-order valence-corrected chi connectivity index (χ4v) is 0.797. The molecule has 3 heteroatoms. The molecule has 1 atom stereocenters. The minimum absolute atomic E-state index is 0.293. The molecule has 3 N–H and O–H groups in total. The van der Waals surface area contributed by atoms with Gasteiger partial charge in [0.1, 0.15) is 0 Å². The normalized spacial score (nSPS) is 18.1. The van der Waals surface area contributed by atoms with Gasteiger partial charge in [0.05, 0.1) is 5.69 Å². The highest BCUT2D eigenvalue weighted by Gasteiger charge is 2.01. The van der Waals surface area contributed by atoms with E-state index < -0.39 is 6.98 Å². The first-order valence-corrected chi connectivity index (χ1v) is 3.36. The SMILES string of the molecule is [2H]C([2H])([2H])N[C@@H](C)c1cncc(N)c1. The lowest BCUT2D eigenvalue weighted by Crippen LogP contribution is -2.12. The number of hydrogen-bond donors (Lipinski definition) is 2. The quantitative estimate of drug-likeness (QED) is 0.666. The molecule has 0 aliphatic carbocycles. The van der Waals surface area contributed by atoms with Gasteiger partial charge in [0.2, 0.25) is 0 Å². The molecule has 60 valence electrons. The average Bonchev–Trinajstić information content (AvgIpc) is 2.01. The number of nitrogens with two attached hydrogens (primary N) is 1. The van der Waals surface area contributed by atoms with Crippen molar-refractivity contribution >= 4 is 5.69 Å². The standard InChI is InChI=1S/C8H13N3/c1-6(10-2)7-3-8(9)5-11-4-7/h3-6,10H,9H2,1-2H3/t6-/m0/s1/i2D3. The van der Waals surface area contributed by atoms with Gasteiger partial charge < -0.3 is 11.1 Å². The third kappa shape index (κ3) is 1.91. The predicted molar refractivity (Wildman–Crippen MR) is 46.1 cm³/mol. The molecule has 0 spiro atoms. The first-order valence-electron chi connectivity index (χ1n) is 4.86. The topological polar surface area (TPSA) is 50.9 Å². The van der Waals surface area contributed by atoms with E-state index in [0.717, 1.165) is 5.56 Å². The van der Waals surface area contributed by atoms with Gasteiger partial charge in [-0.2, -0.15) is 0 Å². The molecule has 0 aromatic carbocycles. The Morgan fingerprint density at radius 2 is 2.55 bits per heavy atom. The summed E-state index contributed by atoms with van der Waals surface area (Å²) < 4.78 is 21.1. The van der Waals surface area contributed by atoms with Gasteiger partial charge in [-0.25, -0.2) is 0 Å². The Kier molecular flexibility index (Phi) is 1.44. The van der Waals surface area contributed by atoms with E-state index in [1.54, 1.807) is 19.2 Å². The largest absolute Gasteiger partial charge is 0.397 e. The molecule has 0 fully saturated rings. The zero-order valence-electron chi connectivity index (χ0n) is 9.33. The summed E-state index contributed by atoms with van der Waals surface area (Å²) in [7, 11) is 0. The van der Waals surface area contributed by atoms with E-state index in [-0.39, 0.29) is 6.04 Å². The lowest BCUT2D eigenvalue weighted by molar-refractivity contribution is 0.650. The number of rotatable bonds is 2. The molecule has 1 aromatic heterocycles. The van der Waals surface area contributed by atoms with Gasteiger partial charge in [-0.05, 0) is 25.5 Å². The molecule has 0 saturated heterocycles. The maximum absolute atomic E-state index is 7.04. The molecule has 0 aliphatic heterocycles. The van der Waals surface area contributed by atoms with Gasteiger partial charge in [-0.1, -0.05) is 0 Å². The second kappa shape index (κ2) is 3.34. The highest BCUT2D eigenvalue weighted by atomic mass is 14.9. The van der Waals surface area contributed by atoms with E-state index in [2.05, 4.69) is 10.3 Å². The van der Waals surface area contributed by atoms with Crippen LogP contribution in [0.15, 0.2) is 18.5 Å². The minimum atomic E-state index is -2.15. The monoisotopic (exact) mass is 154 g/mol. The molecule has 11 heavy (non-hydrogen) atoms. The summed E-state index contributed by atoms with van der Waals surface area (Å²) in [6.45, 7) is -0.396. The summed E-state index contributed by atoms with van der Waals surface area (Å²) in [4.78, 5) is 3.89. The number of pyridine rings is 1. The molecule has 1 heterocycles. The molecule has 0 saturated carbocycles. The predicted octanol–water partition coefficient (Wildman–Crippen LogP) is 0.944. The van der Waals surface area contributed by atoms with E-state index in [1.165, 1.54) is 6.20 Å². The first kappa shape index (κ1) is 4.72. The van der Waals surface area contributed by atoms with Crippen molar-refractivity contribution in [1.29, 1.82) is 0 Å². The van der Waals surface area contributed by atoms with Crippen LogP contribution in [-0.2, 0) is 0 Å². The van der Waals surface area contributed by atoms with Crippen molar-refractivity contribution in [1.82, 2.24) is 10.3 Å². The van der Waals surface area contributed by atoms with Crippen LogP contribution in [0.25, 0.3) is 0 Å². The smallest absolute Gasteiger partial charge is 0.0503 e. The molecule has 0 radical (unpaired) electrons. The van der Waals surface area contributed by atoms with Crippen LogP contribution >= 0.6 is 0 Å². The number of anilines is 1. The van der Waals surface area contributed by atoms with Gasteiger partial charge >= 0.3 is 0 Å². The Morgan fingerprint density at radius 3 is 3.18 bits per heavy atom. The van der Waals surface area contributed by atoms with Crippen molar-refractivity contribution in [3.8, 4) is 0 Å². The summed E-state index contributed by atoms with van der Waals surface area (Å²) >= 11 is 0. The molecular weight excluding hydrogens is 138 g/mol. The van der Waals surface area contributed by atoms with Crippen molar-refractivity contribution in [2.24, 2.45) is 0 Å². The van der Waals surface area contributed by atoms with Gasteiger partial charge in [-0.15, -0.1) is 0 Å². The highest BCUT2D eigenvalue weighted by molar-refractivity contribution is 5.37. The van der Waals surface area contributed by atoms with Crippen molar-refractivity contribution in [2.45, 2.75) is 13.0 Å². The van der Waals surface area contributed by atoms with Gasteiger partial charge in [-0.3, -0.25) is 4.98 Å². The first-order chi connectivity index (χ1) is 6.38. The third-order valence-corrected chi connectivity index (χ3v) is 1.50. The molecule has 1 aromatic rings. The molecule has 0 bridgehead atoms. The van der Waals surface area contributed by atoms with Crippen LogP contribution in [0.5, 0.6) is 0 Å². The van der Waals surface area contributed by atoms with E-state index in [0.29, 0.717) is 5.69 Å². The van der Waals surface area contributed by atoms with Crippen LogP contribution in [0.3, 0.4) is 0 Å². The van der Waals surface area contributed by atoms with Crippen LogP contribution in [0, 0.1) is 0 Å². The minimum Gasteiger partial charge on any atom is -0.397 e. The average molecular weight is 154 g/mol. The zero-order chi connectivity index (χ0) is 10.8. The van der Waals surface area contributed by atoms with Crippen molar-refractivity contribution in [3.63, 3.8) is 0 Å². The lowest BCUT2D eigenvalue weighted by Gasteiger charge is -2.09. The lowest BCUT2D eigenvalue weighted by atomic mass is 10.1. The molecule has 1 rings (SSSR count). The van der Waals surface area contributed by atoms with Crippen LogP contribution in [-0.4, -0.2) is 12.0 Å². The van der Waals surface area contributed by atoms with E-state index >= 15 is 0 Å². The summed E-state index contributed by atoms with van der Waals surface area (Å²) in [5.41, 5.74) is 6.82. The summed E-state index contributed by atoms with van der Waals surface area (Å²) in [6.07, 6.45) is 3.12. The summed E-state index contributed by atoms with van der Waals surface area (Å²) in [5.74, 6) is 0. The maximum atomic E-state index is 7.04. The summed E-state index contributed by atoms with van der Waals surface area (Å²) in [6, 6.07) is 1.41. The second-order valence-electron chi connectivity index (χ2n) is 2.42. The van der Waals surface area contributed by atoms with Crippen LogP contribution in [0.4, 0.5) is 5.69 Å². The zero-order valence-corrected chi connectivity index (χ0v) is 6.33. The Balaban J connectivity index is 2.74. The second-order valence-corrected chi connectivity index (χ2v) is 2.42. The van der Waals surface area contributed by atoms with Crippen molar-refractivity contribution in [2.75, 3.05) is 12.7 Å². The molecule has 0 amide bonds. The van der Waals surface area contributed by atoms with Crippen LogP contribution < -0.4 is 11.1 Å². The fraction of sp³-hybridized carbons (Fsp3) is 0.375. The van der Waals surface area contributed by atoms with E-state index in [1.807, 2.05) is 0 Å². The number of nitrogens with one attached hydrogen (secondary N) is 1. The third-order valence-electron chi connectivity index (χ3n) is 1.50. The molecule has 3 nitrogen and oxygen atoms in total. The molecular formula is C8H13N3. The highest BCUT2D eigenvalue weighted by Crippen LogP contribution is 2.12. The number of hydrogen-bond acceptors (Lipinski definition) is 3. The molecule has 0 aliphatic rings. The van der Waals surface area contributed by atoms with Crippen LogP contribution in [0.2, 0.25) is 0 Å². The Bertz CT molecular complexity index is 311. The Hall–Kier alpha value is -1.09. The van der Waals surface area contributed by atoms with E-state index in [9.17, 15) is 0 Å². The molecule has 0 unspecified atom stereocenters. The van der Waals surface area contributed by atoms with Crippen molar-refractivity contribution in [3.05, 3.63) is 24.0 Å².